The number of carbonyl (C=O) groups is 1. The van der Waals surface area contributed by atoms with Crippen molar-refractivity contribution in [3.05, 3.63) is 41.5 Å². The van der Waals surface area contributed by atoms with Crippen molar-refractivity contribution in [1.29, 1.82) is 0 Å². The Labute approximate surface area is 148 Å². The summed E-state index contributed by atoms with van der Waals surface area (Å²) in [4.78, 5) is 23.5. The van der Waals surface area contributed by atoms with Crippen LogP contribution in [0.5, 0.6) is 0 Å². The first-order valence-electron chi connectivity index (χ1n) is 8.15. The Kier molecular flexibility index (Phi) is 3.03. The van der Waals surface area contributed by atoms with Gasteiger partial charge in [0, 0.05) is 10.9 Å². The van der Waals surface area contributed by atoms with Crippen LogP contribution in [0.25, 0.3) is 21.3 Å². The van der Waals surface area contributed by atoms with Gasteiger partial charge in [0.15, 0.2) is 5.60 Å². The number of ether oxygens (including phenoxy) is 1. The first kappa shape index (κ1) is 14.7. The van der Waals surface area contributed by atoms with Crippen LogP contribution in [0.1, 0.15) is 5.56 Å². The van der Waals surface area contributed by atoms with Gasteiger partial charge in [0.1, 0.15) is 17.0 Å². The van der Waals surface area contributed by atoms with Crippen LogP contribution in [0.4, 0.5) is 10.6 Å². The summed E-state index contributed by atoms with van der Waals surface area (Å²) in [6.45, 7) is 3.95. The van der Waals surface area contributed by atoms with E-state index < -0.39 is 5.60 Å². The molecule has 6 nitrogen and oxygen atoms in total. The van der Waals surface area contributed by atoms with E-state index in [0.29, 0.717) is 19.6 Å². The number of benzene rings is 1. The number of rotatable bonds is 2. The zero-order valence-corrected chi connectivity index (χ0v) is 14.5. The molecule has 1 spiro atoms. The Morgan fingerprint density at radius 1 is 1.24 bits per heavy atom. The Morgan fingerprint density at radius 2 is 2.04 bits per heavy atom. The number of anilines is 1. The maximum absolute atomic E-state index is 11.4. The molecule has 7 heteroatoms. The Bertz CT molecular complexity index is 976. The van der Waals surface area contributed by atoms with Crippen molar-refractivity contribution in [2.75, 3.05) is 24.5 Å². The molecule has 1 N–H and O–H groups in total. The molecule has 0 atom stereocenters. The Balaban J connectivity index is 1.55. The van der Waals surface area contributed by atoms with Gasteiger partial charge in [-0.2, -0.15) is 0 Å². The molecular weight excluding hydrogens is 336 g/mol. The number of fused-ring (bicyclic) bond motifs is 1. The summed E-state index contributed by atoms with van der Waals surface area (Å²) >= 11 is 1.63. The minimum absolute atomic E-state index is 0.330. The first-order valence-corrected chi connectivity index (χ1v) is 9.03. The zero-order chi connectivity index (χ0) is 17.0. The second-order valence-electron chi connectivity index (χ2n) is 6.67. The van der Waals surface area contributed by atoms with Crippen LogP contribution >= 0.6 is 11.3 Å². The van der Waals surface area contributed by atoms with E-state index in [1.807, 2.05) is 0 Å². The number of carbonyl (C=O) groups excluding carboxylic acids is 1. The molecule has 3 aromatic rings. The van der Waals surface area contributed by atoms with E-state index in [4.69, 9.17) is 4.74 Å². The van der Waals surface area contributed by atoms with Crippen molar-refractivity contribution < 1.29 is 9.53 Å². The summed E-state index contributed by atoms with van der Waals surface area (Å²) in [6.07, 6.45) is 1.28. The molecule has 0 saturated carbocycles. The van der Waals surface area contributed by atoms with Gasteiger partial charge < -0.3 is 15.0 Å². The van der Waals surface area contributed by atoms with E-state index in [9.17, 15) is 4.79 Å². The highest BCUT2D eigenvalue weighted by Crippen LogP contribution is 2.41. The zero-order valence-electron chi connectivity index (χ0n) is 13.7. The van der Waals surface area contributed by atoms with Gasteiger partial charge in [-0.05, 0) is 12.5 Å². The summed E-state index contributed by atoms with van der Waals surface area (Å²) < 4.78 is 5.43. The molecule has 0 bridgehead atoms. The smallest absolute Gasteiger partial charge is 0.408 e. The van der Waals surface area contributed by atoms with E-state index in [-0.39, 0.29) is 6.09 Å². The number of nitrogens with zero attached hydrogens (tertiary/aromatic N) is 3. The highest BCUT2D eigenvalue weighted by atomic mass is 32.1. The van der Waals surface area contributed by atoms with Crippen molar-refractivity contribution in [2.24, 2.45) is 0 Å². The third kappa shape index (κ3) is 2.26. The highest BCUT2D eigenvalue weighted by molar-refractivity contribution is 7.17. The standard InChI is InChI=1S/C18H16N4O2S/c1-11-2-4-12(5-3-11)13-6-25-16-14(13)15(20-10-21-16)22-8-18(9-22)7-19-17(23)24-18/h2-6,10H,7-9H2,1H3,(H,19,23). The molecular formula is C18H16N4O2S. The minimum Gasteiger partial charge on any atom is -0.437 e. The number of aryl methyl sites for hydroxylation is 1. The summed E-state index contributed by atoms with van der Waals surface area (Å²) in [5, 5.41) is 5.95. The SMILES string of the molecule is Cc1ccc(-c2csc3ncnc(N4CC5(CNC(=O)O5)C4)c23)cc1. The lowest BCUT2D eigenvalue weighted by molar-refractivity contribution is 0.0330. The fraction of sp³-hybridized carbons (Fsp3) is 0.278. The fourth-order valence-corrected chi connectivity index (χ4v) is 4.43. The average molecular weight is 352 g/mol. The van der Waals surface area contributed by atoms with Crippen molar-refractivity contribution in [1.82, 2.24) is 15.3 Å². The molecule has 1 aromatic carbocycles. The number of nitrogens with one attached hydrogen (secondary N) is 1. The predicted molar refractivity (Wildman–Crippen MR) is 97.0 cm³/mol. The maximum Gasteiger partial charge on any atom is 0.408 e. The summed E-state index contributed by atoms with van der Waals surface area (Å²) in [7, 11) is 0. The molecule has 4 heterocycles. The molecule has 2 saturated heterocycles. The minimum atomic E-state index is -0.408. The van der Waals surface area contributed by atoms with Gasteiger partial charge in [-0.15, -0.1) is 11.3 Å². The normalized spacial score (nSPS) is 18.3. The molecule has 126 valence electrons. The van der Waals surface area contributed by atoms with E-state index in [1.165, 1.54) is 5.56 Å². The highest BCUT2D eigenvalue weighted by Gasteiger charge is 2.51. The Hall–Kier alpha value is -2.67. The van der Waals surface area contributed by atoms with E-state index in [2.05, 4.69) is 56.8 Å². The van der Waals surface area contributed by atoms with Gasteiger partial charge in [0.2, 0.25) is 0 Å². The maximum atomic E-state index is 11.4. The van der Waals surface area contributed by atoms with Gasteiger partial charge in [-0.3, -0.25) is 0 Å². The summed E-state index contributed by atoms with van der Waals surface area (Å²) in [5.74, 6) is 0.912. The average Bonchev–Trinajstić information content (AvgIpc) is 3.18. The van der Waals surface area contributed by atoms with Crippen LogP contribution in [-0.4, -0.2) is 41.3 Å². The molecule has 2 fully saturated rings. The monoisotopic (exact) mass is 352 g/mol. The van der Waals surface area contributed by atoms with Gasteiger partial charge in [-0.25, -0.2) is 14.8 Å². The number of thiophene rings is 1. The van der Waals surface area contributed by atoms with E-state index in [1.54, 1.807) is 17.7 Å². The molecule has 0 radical (unpaired) electrons. The second-order valence-corrected chi connectivity index (χ2v) is 7.53. The summed E-state index contributed by atoms with van der Waals surface area (Å²) in [5.41, 5.74) is 3.14. The van der Waals surface area contributed by atoms with Crippen LogP contribution in [0.3, 0.4) is 0 Å². The van der Waals surface area contributed by atoms with Gasteiger partial charge in [0.25, 0.3) is 0 Å². The summed E-state index contributed by atoms with van der Waals surface area (Å²) in [6, 6.07) is 8.50. The molecule has 2 aliphatic heterocycles. The molecule has 5 rings (SSSR count). The quantitative estimate of drug-likeness (QED) is 0.768. The molecule has 2 aromatic heterocycles. The number of amides is 1. The third-order valence-corrected chi connectivity index (χ3v) is 5.72. The predicted octanol–water partition coefficient (Wildman–Crippen LogP) is 2.97. The van der Waals surface area contributed by atoms with Gasteiger partial charge in [0.05, 0.1) is 25.0 Å². The van der Waals surface area contributed by atoms with Crippen LogP contribution in [-0.2, 0) is 4.74 Å². The number of hydrogen-bond acceptors (Lipinski definition) is 6. The second kappa shape index (κ2) is 5.16. The fourth-order valence-electron chi connectivity index (χ4n) is 3.52. The van der Waals surface area contributed by atoms with Crippen molar-refractivity contribution >= 4 is 33.5 Å². The van der Waals surface area contributed by atoms with Crippen molar-refractivity contribution in [2.45, 2.75) is 12.5 Å². The van der Waals surface area contributed by atoms with Crippen molar-refractivity contribution in [3.8, 4) is 11.1 Å². The van der Waals surface area contributed by atoms with E-state index in [0.717, 1.165) is 27.2 Å². The van der Waals surface area contributed by atoms with Crippen LogP contribution in [0, 0.1) is 6.92 Å². The first-order chi connectivity index (χ1) is 12.1. The number of alkyl carbamates (subject to hydrolysis) is 1. The third-order valence-electron chi connectivity index (χ3n) is 4.83. The van der Waals surface area contributed by atoms with Gasteiger partial charge >= 0.3 is 6.09 Å². The largest absolute Gasteiger partial charge is 0.437 e. The Morgan fingerprint density at radius 3 is 2.76 bits per heavy atom. The van der Waals surface area contributed by atoms with Crippen LogP contribution in [0.2, 0.25) is 0 Å². The van der Waals surface area contributed by atoms with Crippen LogP contribution < -0.4 is 10.2 Å². The number of aromatic nitrogens is 2. The molecule has 2 aliphatic rings. The van der Waals surface area contributed by atoms with E-state index >= 15 is 0 Å². The van der Waals surface area contributed by atoms with Crippen molar-refractivity contribution in [3.63, 3.8) is 0 Å². The topological polar surface area (TPSA) is 67.4 Å². The van der Waals surface area contributed by atoms with Crippen LogP contribution in [0.15, 0.2) is 36.0 Å². The molecule has 1 amide bonds. The lowest BCUT2D eigenvalue weighted by Gasteiger charge is -2.46. The molecule has 0 unspecified atom stereocenters. The molecule has 0 aliphatic carbocycles. The van der Waals surface area contributed by atoms with Gasteiger partial charge in [-0.1, -0.05) is 29.8 Å². The lowest BCUT2D eigenvalue weighted by atomic mass is 9.93. The number of hydrogen-bond donors (Lipinski definition) is 1. The lowest BCUT2D eigenvalue weighted by Crippen LogP contribution is -2.64. The molecule has 25 heavy (non-hydrogen) atoms.